The van der Waals surface area contributed by atoms with E-state index in [-0.39, 0.29) is 41.1 Å². The van der Waals surface area contributed by atoms with Crippen LogP contribution in [0, 0.1) is 65.3 Å². The highest BCUT2D eigenvalue weighted by molar-refractivity contribution is 7.86. The molecule has 0 spiro atoms. The Labute approximate surface area is 535 Å². The third-order valence-electron chi connectivity index (χ3n) is 15.8. The van der Waals surface area contributed by atoms with Crippen LogP contribution in [0.3, 0.4) is 0 Å². The molecule has 2 aliphatic rings. The average molecular weight is 1340 g/mol. The van der Waals surface area contributed by atoms with Gasteiger partial charge in [-0.2, -0.15) is 43.5 Å². The molecule has 0 unspecified atom stereocenters. The number of alkyl halides is 5. The first-order chi connectivity index (χ1) is 44.7. The lowest BCUT2D eigenvalue weighted by atomic mass is 9.77. The molecule has 23 heteroatoms. The van der Waals surface area contributed by atoms with Crippen LogP contribution in [0.5, 0.6) is 34.5 Å². The van der Waals surface area contributed by atoms with Crippen LogP contribution in [-0.4, -0.2) is 59.3 Å². The molecule has 0 saturated heterocycles. The molecule has 0 aromatic heterocycles. The molecule has 7 aromatic carbocycles. The van der Waals surface area contributed by atoms with Crippen LogP contribution >= 0.6 is 0 Å². The van der Waals surface area contributed by atoms with E-state index in [2.05, 4.69) is 18.0 Å². The molecule has 0 aliphatic heterocycles. The molecule has 0 amide bonds. The van der Waals surface area contributed by atoms with Crippen molar-refractivity contribution in [3.63, 3.8) is 0 Å². The average Bonchev–Trinajstić information content (AvgIpc) is 0.873. The second-order valence-corrected chi connectivity index (χ2v) is 23.9. The summed E-state index contributed by atoms with van der Waals surface area (Å²) in [4.78, 5) is -0.174. The zero-order valence-corrected chi connectivity index (χ0v) is 52.7. The lowest BCUT2D eigenvalue weighted by molar-refractivity contribution is -0.196. The summed E-state index contributed by atoms with van der Waals surface area (Å²) in [5.74, 6) is -11.7. The van der Waals surface area contributed by atoms with Gasteiger partial charge in [0, 0.05) is 22.3 Å². The first-order valence-electron chi connectivity index (χ1n) is 31.1. The molecule has 0 atom stereocenters. The van der Waals surface area contributed by atoms with Gasteiger partial charge in [0.2, 0.25) is 23.3 Å². The Bertz CT molecular complexity index is 3640. The molecule has 2 saturated carbocycles. The van der Waals surface area contributed by atoms with Crippen molar-refractivity contribution < 1.29 is 99.8 Å². The summed E-state index contributed by atoms with van der Waals surface area (Å²) in [6.07, 6.45) is 6.38. The van der Waals surface area contributed by atoms with Crippen LogP contribution < -0.4 is 23.7 Å². The van der Waals surface area contributed by atoms with Crippen LogP contribution in [0.1, 0.15) is 135 Å². The van der Waals surface area contributed by atoms with E-state index >= 15 is 0 Å². The Kier molecular flexibility index (Phi) is 27.0. The van der Waals surface area contributed by atoms with Crippen molar-refractivity contribution in [2.75, 3.05) is 33.6 Å². The van der Waals surface area contributed by atoms with Gasteiger partial charge in [-0.25, -0.2) is 17.6 Å². The van der Waals surface area contributed by atoms with E-state index in [1.54, 1.807) is 45.0 Å². The molecule has 1 N–H and O–H groups in total. The van der Waals surface area contributed by atoms with Crippen LogP contribution in [0.4, 0.5) is 57.1 Å². The second-order valence-electron chi connectivity index (χ2n) is 22.3. The number of benzene rings is 7. The summed E-state index contributed by atoms with van der Waals surface area (Å²) >= 11 is 0. The topological polar surface area (TPSA) is 110 Å². The summed E-state index contributed by atoms with van der Waals surface area (Å²) in [5, 5.41) is 9.01. The van der Waals surface area contributed by atoms with Gasteiger partial charge in [-0.1, -0.05) is 81.5 Å². The maximum atomic E-state index is 14.7. The highest BCUT2D eigenvalue weighted by Crippen LogP contribution is 2.42. The van der Waals surface area contributed by atoms with Crippen molar-refractivity contribution in [2.24, 2.45) is 11.8 Å². The van der Waals surface area contributed by atoms with E-state index < -0.39 is 123 Å². The molecule has 0 heterocycles. The molecule has 506 valence electrons. The second kappa shape index (κ2) is 34.5. The number of halogens is 13. The predicted molar refractivity (Wildman–Crippen MR) is 328 cm³/mol. The van der Waals surface area contributed by atoms with Crippen LogP contribution in [-0.2, 0) is 14.3 Å². The highest BCUT2D eigenvalue weighted by atomic mass is 32.2. The molecule has 2 aliphatic carbocycles. The van der Waals surface area contributed by atoms with Gasteiger partial charge in [0.15, 0.2) is 59.5 Å². The predicted octanol–water partition coefficient (Wildman–Crippen LogP) is 20.5. The monoisotopic (exact) mass is 1340 g/mol. The minimum Gasteiger partial charge on any atom is -0.505 e. The SMILES string of the molecule is CCCC1CCC(c2ccc(OC(F)(F)COS(=O)(=O)c3ccc(C)cc3)cc2)CC1.CCCC1CCC(c2ccc(OC(F)(F)COc3ccc(-c4ccc(OCC)c(F)c4F)c(F)c3F)cc2)CC1.CCOc1ccc(-c2ccc(O)c(F)c2F)c(F)c1F.[2H]CF. The number of hydrogen-bond donors (Lipinski definition) is 1. The molecular weight excluding hydrogens is 1260 g/mol. The minimum absolute atomic E-state index is 0.0234. The number of phenols is 1. The number of rotatable bonds is 23. The summed E-state index contributed by atoms with van der Waals surface area (Å²) in [6.45, 7) is 6.77. The highest BCUT2D eigenvalue weighted by Gasteiger charge is 2.37. The first-order valence-corrected chi connectivity index (χ1v) is 31.8. The lowest BCUT2D eigenvalue weighted by Crippen LogP contribution is -2.32. The van der Waals surface area contributed by atoms with Gasteiger partial charge in [0.05, 0.1) is 26.6 Å². The summed E-state index contributed by atoms with van der Waals surface area (Å²) in [6, 6.07) is 26.8. The van der Waals surface area contributed by atoms with Crippen LogP contribution in [0.2, 0.25) is 0 Å². The summed E-state index contributed by atoms with van der Waals surface area (Å²) in [5.41, 5.74) is 0.945. The van der Waals surface area contributed by atoms with E-state index in [1.165, 1.54) is 74.9 Å². The molecule has 0 bridgehead atoms. The molecule has 9 nitrogen and oxygen atoms in total. The third kappa shape index (κ3) is 20.4. The van der Waals surface area contributed by atoms with Gasteiger partial charge >= 0.3 is 12.2 Å². The zero-order valence-electron chi connectivity index (χ0n) is 52.9. The Balaban J connectivity index is 0.000000230. The van der Waals surface area contributed by atoms with E-state index in [4.69, 9.17) is 30.2 Å². The molecule has 9 rings (SSSR count). The van der Waals surface area contributed by atoms with Gasteiger partial charge in [-0.05, 0) is 192 Å². The molecule has 7 aromatic rings. The van der Waals surface area contributed by atoms with Gasteiger partial charge in [-0.15, -0.1) is 0 Å². The summed E-state index contributed by atoms with van der Waals surface area (Å²) in [7, 11) is -5.29. The van der Waals surface area contributed by atoms with Gasteiger partial charge in [0.1, 0.15) is 11.5 Å². The molecule has 93 heavy (non-hydrogen) atoms. The third-order valence-corrected chi connectivity index (χ3v) is 17.1. The molecule has 2 fully saturated rings. The summed E-state index contributed by atoms with van der Waals surface area (Å²) < 4.78 is 238. The van der Waals surface area contributed by atoms with E-state index in [0.717, 1.165) is 116 Å². The smallest absolute Gasteiger partial charge is 0.432 e. The van der Waals surface area contributed by atoms with Gasteiger partial charge in [0.25, 0.3) is 10.1 Å². The Morgan fingerprint density at radius 1 is 0.462 bits per heavy atom. The quantitative estimate of drug-likeness (QED) is 0.0495. The van der Waals surface area contributed by atoms with Crippen molar-refractivity contribution >= 4 is 10.1 Å². The normalized spacial score (nSPS) is 16.6. The van der Waals surface area contributed by atoms with Crippen molar-refractivity contribution in [3.05, 3.63) is 185 Å². The van der Waals surface area contributed by atoms with Gasteiger partial charge in [-0.3, -0.25) is 8.57 Å². The Morgan fingerprint density at radius 2 is 0.806 bits per heavy atom. The Hall–Kier alpha value is -7.66. The zero-order chi connectivity index (χ0) is 68.9. The van der Waals surface area contributed by atoms with Crippen LogP contribution in [0.15, 0.2) is 126 Å². The van der Waals surface area contributed by atoms with E-state index in [0.29, 0.717) is 11.8 Å². The number of phenolic OH excluding ortho intramolecular Hbond substituents is 1. The fraction of sp³-hybridized carbons (Fsp3) is 0.400. The van der Waals surface area contributed by atoms with Gasteiger partial charge < -0.3 is 28.8 Å². The van der Waals surface area contributed by atoms with Crippen molar-refractivity contribution in [1.29, 1.82) is 0 Å². The van der Waals surface area contributed by atoms with Crippen molar-refractivity contribution in [2.45, 2.75) is 141 Å². The standard InChI is InChI=1S/C31H32F6O3.C24H30F2O4S.C14H10F4O2.CH3F/c1-3-5-19-6-8-20(9-7-19)21-10-12-22(13-11-21)40-31(36,37)18-39-26-17-15-24(28(33)30(26)35)23-14-16-25(38-4-2)29(34)27(23)32;1-3-4-19-7-9-20(10-8-19)21-11-13-22(14-12-21)30-24(25,26)17-29-31(27,28)23-15-5-18(2)6-16-23;1-2-20-10-6-4-8(12(16)14(10)18)7-3-5-9(19)13(17)11(7)15;1-2/h10-17,19-20H,3-9,18H2,1-2H3;5-6,11-16,19-20H,3-4,7-10,17H2,1-2H3;3-6,19H,2H2,1H3;1H3/i;;;1D. The maximum absolute atomic E-state index is 14.7. The minimum atomic E-state index is -4.29. The first kappa shape index (κ1) is 72.8. The van der Waals surface area contributed by atoms with Crippen LogP contribution in [0.25, 0.3) is 22.3 Å². The van der Waals surface area contributed by atoms with Crippen molar-refractivity contribution in [1.82, 2.24) is 0 Å². The van der Waals surface area contributed by atoms with E-state index in [1.807, 2.05) is 12.1 Å². The molecular formula is C70H75F13O9S. The Morgan fingerprint density at radius 3 is 1.17 bits per heavy atom. The lowest BCUT2D eigenvalue weighted by Gasteiger charge is -2.28. The fourth-order valence-electron chi connectivity index (χ4n) is 11.1. The number of aryl methyl sites for hydroxylation is 1. The fourth-order valence-corrected chi connectivity index (χ4v) is 12.0. The largest absolute Gasteiger partial charge is 0.505 e. The number of aromatic hydroxyl groups is 1. The van der Waals surface area contributed by atoms with E-state index in [9.17, 15) is 65.5 Å². The number of ether oxygens (including phenoxy) is 5. The van der Waals surface area contributed by atoms with Crippen molar-refractivity contribution in [3.8, 4) is 56.8 Å². The number of hydrogen-bond acceptors (Lipinski definition) is 9. The maximum Gasteiger partial charge on any atom is 0.432 e. The molecule has 0 radical (unpaired) electrons.